The second-order valence-electron chi connectivity index (χ2n) is 3.19. The molecule has 0 aliphatic rings. The number of hydrogen-bond acceptors (Lipinski definition) is 2. The Hall–Kier alpha value is -0.680. The Bertz CT molecular complexity index is 650. The van der Waals surface area contributed by atoms with Gasteiger partial charge in [0.25, 0.3) is 10.0 Å². The molecule has 90 valence electrons. The molecule has 0 radical (unpaired) electrons. The molecule has 0 amide bonds. The Morgan fingerprint density at radius 1 is 1.00 bits per heavy atom. The molecular formula is C10H6Cl3NO2S. The molecule has 3 nitrogen and oxygen atoms in total. The highest BCUT2D eigenvalue weighted by Crippen LogP contribution is 2.32. The van der Waals surface area contributed by atoms with Crippen LogP contribution >= 0.6 is 34.8 Å². The minimum absolute atomic E-state index is 0.0520. The molecule has 2 rings (SSSR count). The number of hydrogen-bond donors (Lipinski definition) is 0. The Balaban J connectivity index is 2.69. The van der Waals surface area contributed by atoms with Gasteiger partial charge in [-0.3, -0.25) is 0 Å². The van der Waals surface area contributed by atoms with Crippen molar-refractivity contribution in [3.8, 4) is 0 Å². The molecule has 0 saturated heterocycles. The predicted molar refractivity (Wildman–Crippen MR) is 68.5 cm³/mol. The van der Waals surface area contributed by atoms with Gasteiger partial charge in [0.1, 0.15) is 10.3 Å². The summed E-state index contributed by atoms with van der Waals surface area (Å²) >= 11 is 17.3. The van der Waals surface area contributed by atoms with Crippen molar-refractivity contribution in [1.82, 2.24) is 3.97 Å². The summed E-state index contributed by atoms with van der Waals surface area (Å²) in [7, 11) is -3.81. The molecule has 1 aromatic carbocycles. The minimum atomic E-state index is -3.81. The van der Waals surface area contributed by atoms with Crippen LogP contribution in [0.1, 0.15) is 0 Å². The smallest absolute Gasteiger partial charge is 0.211 e. The Labute approximate surface area is 114 Å². The van der Waals surface area contributed by atoms with Crippen LogP contribution in [0.25, 0.3) is 0 Å². The Kier molecular flexibility index (Phi) is 3.41. The van der Waals surface area contributed by atoms with Crippen molar-refractivity contribution in [2.75, 3.05) is 0 Å². The van der Waals surface area contributed by atoms with E-state index in [9.17, 15) is 8.42 Å². The van der Waals surface area contributed by atoms with Crippen LogP contribution in [0.4, 0.5) is 0 Å². The van der Waals surface area contributed by atoms with Gasteiger partial charge >= 0.3 is 0 Å². The summed E-state index contributed by atoms with van der Waals surface area (Å²) in [6.45, 7) is 0. The number of halogens is 3. The van der Waals surface area contributed by atoms with Gasteiger partial charge in [-0.15, -0.1) is 0 Å². The third-order valence-corrected chi connectivity index (χ3v) is 5.06. The van der Waals surface area contributed by atoms with Crippen LogP contribution in [0, 0.1) is 0 Å². The number of benzene rings is 1. The molecule has 1 aromatic heterocycles. The van der Waals surface area contributed by atoms with Crippen molar-refractivity contribution >= 4 is 44.8 Å². The van der Waals surface area contributed by atoms with E-state index in [1.165, 1.54) is 18.2 Å². The number of rotatable bonds is 2. The lowest BCUT2D eigenvalue weighted by molar-refractivity contribution is 0.588. The Morgan fingerprint density at radius 2 is 1.59 bits per heavy atom. The summed E-state index contributed by atoms with van der Waals surface area (Å²) in [6, 6.07) is 9.13. The van der Waals surface area contributed by atoms with Gasteiger partial charge in [-0.05, 0) is 18.2 Å². The van der Waals surface area contributed by atoms with Crippen molar-refractivity contribution < 1.29 is 8.42 Å². The van der Waals surface area contributed by atoms with Gasteiger partial charge < -0.3 is 0 Å². The number of aromatic nitrogens is 1. The van der Waals surface area contributed by atoms with Crippen molar-refractivity contribution in [2.45, 2.75) is 4.90 Å². The molecule has 0 bridgehead atoms. The first-order valence-corrected chi connectivity index (χ1v) is 7.05. The lowest BCUT2D eigenvalue weighted by Crippen LogP contribution is -2.12. The van der Waals surface area contributed by atoms with Crippen LogP contribution in [-0.2, 0) is 10.0 Å². The highest BCUT2D eigenvalue weighted by Gasteiger charge is 2.24. The molecule has 1 heterocycles. The largest absolute Gasteiger partial charge is 0.270 e. The van der Waals surface area contributed by atoms with E-state index in [1.54, 1.807) is 18.2 Å². The van der Waals surface area contributed by atoms with Crippen molar-refractivity contribution in [2.24, 2.45) is 0 Å². The summed E-state index contributed by atoms with van der Waals surface area (Å²) < 4.78 is 25.2. The van der Waals surface area contributed by atoms with Gasteiger partial charge in [0.15, 0.2) is 0 Å². The predicted octanol–water partition coefficient (Wildman–Crippen LogP) is 3.69. The van der Waals surface area contributed by atoms with Crippen LogP contribution in [0.5, 0.6) is 0 Å². The average molecular weight is 311 g/mol. The van der Waals surface area contributed by atoms with Crippen LogP contribution in [0.15, 0.2) is 41.3 Å². The van der Waals surface area contributed by atoms with Gasteiger partial charge in [-0.25, -0.2) is 12.4 Å². The molecule has 0 unspecified atom stereocenters. The van der Waals surface area contributed by atoms with E-state index in [4.69, 9.17) is 34.8 Å². The fourth-order valence-corrected chi connectivity index (χ4v) is 3.86. The van der Waals surface area contributed by atoms with E-state index in [0.29, 0.717) is 0 Å². The maximum Gasteiger partial charge on any atom is 0.270 e. The van der Waals surface area contributed by atoms with Crippen molar-refractivity contribution in [3.63, 3.8) is 0 Å². The molecule has 7 heteroatoms. The van der Waals surface area contributed by atoms with Gasteiger partial charge in [-0.1, -0.05) is 53.0 Å². The lowest BCUT2D eigenvalue weighted by atomic mass is 10.4. The average Bonchev–Trinajstić information content (AvgIpc) is 2.54. The molecular weight excluding hydrogens is 305 g/mol. The first-order chi connectivity index (χ1) is 7.94. The summed E-state index contributed by atoms with van der Waals surface area (Å²) in [5.41, 5.74) is 0. The van der Waals surface area contributed by atoms with E-state index < -0.39 is 10.0 Å². The molecule has 17 heavy (non-hydrogen) atoms. The molecule has 0 atom stereocenters. The zero-order chi connectivity index (χ0) is 12.6. The molecule has 0 fully saturated rings. The van der Waals surface area contributed by atoms with Gasteiger partial charge in [0, 0.05) is 0 Å². The number of nitrogens with zero attached hydrogens (tertiary/aromatic N) is 1. The summed E-state index contributed by atoms with van der Waals surface area (Å²) in [6.07, 6.45) is 0. The summed E-state index contributed by atoms with van der Waals surface area (Å²) in [5, 5.41) is -0.0828. The van der Waals surface area contributed by atoms with E-state index in [0.717, 1.165) is 3.97 Å². The van der Waals surface area contributed by atoms with Crippen molar-refractivity contribution in [1.29, 1.82) is 0 Å². The normalized spacial score (nSPS) is 11.7. The molecule has 0 N–H and O–H groups in total. The molecule has 0 spiro atoms. The zero-order valence-electron chi connectivity index (χ0n) is 8.27. The van der Waals surface area contributed by atoms with Crippen LogP contribution in [0.2, 0.25) is 15.3 Å². The Morgan fingerprint density at radius 3 is 2.06 bits per heavy atom. The molecule has 0 aliphatic carbocycles. The topological polar surface area (TPSA) is 39.1 Å². The standard InChI is InChI=1S/C10H6Cl3NO2S/c11-8-6-9(12)14(10(8)13)17(15,16)7-4-2-1-3-5-7/h1-6H. The van der Waals surface area contributed by atoms with E-state index in [2.05, 4.69) is 0 Å². The zero-order valence-corrected chi connectivity index (χ0v) is 11.4. The van der Waals surface area contributed by atoms with Crippen LogP contribution in [-0.4, -0.2) is 12.4 Å². The van der Waals surface area contributed by atoms with Gasteiger partial charge in [0.05, 0.1) is 9.92 Å². The van der Waals surface area contributed by atoms with Gasteiger partial charge in [0.2, 0.25) is 0 Å². The first-order valence-electron chi connectivity index (χ1n) is 4.47. The highest BCUT2D eigenvalue weighted by molar-refractivity contribution is 7.90. The molecule has 0 saturated carbocycles. The fourth-order valence-electron chi connectivity index (χ4n) is 1.33. The monoisotopic (exact) mass is 309 g/mol. The fraction of sp³-hybridized carbons (Fsp3) is 0. The third kappa shape index (κ3) is 2.18. The SMILES string of the molecule is O=S(=O)(c1ccccc1)n1c(Cl)cc(Cl)c1Cl. The quantitative estimate of drug-likeness (QED) is 0.848. The second kappa shape index (κ2) is 4.53. The third-order valence-electron chi connectivity index (χ3n) is 2.10. The van der Waals surface area contributed by atoms with E-state index in [-0.39, 0.29) is 20.2 Å². The lowest BCUT2D eigenvalue weighted by Gasteiger charge is -2.08. The second-order valence-corrected chi connectivity index (χ2v) is 6.13. The van der Waals surface area contributed by atoms with Gasteiger partial charge in [-0.2, -0.15) is 0 Å². The first kappa shape index (κ1) is 12.8. The van der Waals surface area contributed by atoms with E-state index in [1.807, 2.05) is 0 Å². The maximum absolute atomic E-state index is 12.2. The van der Waals surface area contributed by atoms with Crippen LogP contribution < -0.4 is 0 Å². The molecule has 0 aliphatic heterocycles. The highest BCUT2D eigenvalue weighted by atomic mass is 35.5. The van der Waals surface area contributed by atoms with E-state index >= 15 is 0 Å². The molecule has 2 aromatic rings. The minimum Gasteiger partial charge on any atom is -0.211 e. The van der Waals surface area contributed by atoms with Crippen LogP contribution in [0.3, 0.4) is 0 Å². The van der Waals surface area contributed by atoms with Crippen molar-refractivity contribution in [3.05, 3.63) is 51.7 Å². The maximum atomic E-state index is 12.2. The summed E-state index contributed by atoms with van der Waals surface area (Å²) in [4.78, 5) is 0.0936. The summed E-state index contributed by atoms with van der Waals surface area (Å²) in [5.74, 6) is 0.